The highest BCUT2D eigenvalue weighted by atomic mass is 16.5. The summed E-state index contributed by atoms with van der Waals surface area (Å²) in [7, 11) is 0. The van der Waals surface area contributed by atoms with Crippen molar-refractivity contribution in [2.75, 3.05) is 13.2 Å². The van der Waals surface area contributed by atoms with Crippen molar-refractivity contribution >= 4 is 0 Å². The summed E-state index contributed by atoms with van der Waals surface area (Å²) in [6.07, 6.45) is 9.89. The van der Waals surface area contributed by atoms with E-state index >= 15 is 0 Å². The quantitative estimate of drug-likeness (QED) is 0.648. The molecule has 0 spiro atoms. The molecule has 20 heavy (non-hydrogen) atoms. The summed E-state index contributed by atoms with van der Waals surface area (Å²) < 4.78 is 5.80. The first kappa shape index (κ1) is 17.5. The molecule has 0 aromatic rings. The third-order valence-electron chi connectivity index (χ3n) is 4.15. The van der Waals surface area contributed by atoms with E-state index in [4.69, 9.17) is 4.74 Å². The molecule has 0 aliphatic heterocycles. The predicted molar refractivity (Wildman–Crippen MR) is 83.5 cm³/mol. The van der Waals surface area contributed by atoms with Gasteiger partial charge in [-0.2, -0.15) is 5.26 Å². The Morgan fingerprint density at radius 3 is 2.55 bits per heavy atom. The molecular formula is C17H32N2O. The number of nitriles is 1. The van der Waals surface area contributed by atoms with Gasteiger partial charge in [0.15, 0.2) is 0 Å². The van der Waals surface area contributed by atoms with Crippen LogP contribution in [-0.4, -0.2) is 24.8 Å². The zero-order chi connectivity index (χ0) is 14.8. The van der Waals surface area contributed by atoms with Crippen LogP contribution >= 0.6 is 0 Å². The minimum Gasteiger partial charge on any atom is -0.381 e. The lowest BCUT2D eigenvalue weighted by Crippen LogP contribution is -2.44. The Balaban J connectivity index is 2.04. The summed E-state index contributed by atoms with van der Waals surface area (Å²) in [6.45, 7) is 7.96. The van der Waals surface area contributed by atoms with Gasteiger partial charge < -0.3 is 4.74 Å². The summed E-state index contributed by atoms with van der Waals surface area (Å²) in [6, 6.07) is 2.75. The SMILES string of the molecule is CC(C)NC(C)(C#N)CCCCOCC1CCCCC1. The fourth-order valence-corrected chi connectivity index (χ4v) is 3.08. The van der Waals surface area contributed by atoms with Crippen LogP contribution in [0, 0.1) is 17.2 Å². The van der Waals surface area contributed by atoms with Gasteiger partial charge in [-0.1, -0.05) is 19.3 Å². The molecule has 3 heteroatoms. The summed E-state index contributed by atoms with van der Waals surface area (Å²) in [4.78, 5) is 0. The lowest BCUT2D eigenvalue weighted by atomic mass is 9.90. The highest BCUT2D eigenvalue weighted by molar-refractivity contribution is 5.04. The first-order valence-corrected chi connectivity index (χ1v) is 8.32. The molecule has 0 bridgehead atoms. The van der Waals surface area contributed by atoms with E-state index in [2.05, 4.69) is 25.2 Å². The van der Waals surface area contributed by atoms with Crippen LogP contribution in [0.1, 0.15) is 72.1 Å². The van der Waals surface area contributed by atoms with Gasteiger partial charge in [0.25, 0.3) is 0 Å². The fraction of sp³-hybridized carbons (Fsp3) is 0.941. The largest absolute Gasteiger partial charge is 0.381 e. The maximum atomic E-state index is 9.26. The Labute approximate surface area is 125 Å². The van der Waals surface area contributed by atoms with Gasteiger partial charge in [-0.3, -0.25) is 5.32 Å². The molecule has 116 valence electrons. The molecule has 0 heterocycles. The number of hydrogen-bond donors (Lipinski definition) is 1. The third kappa shape index (κ3) is 7.26. The second-order valence-corrected chi connectivity index (χ2v) is 6.78. The van der Waals surface area contributed by atoms with Gasteiger partial charge in [-0.25, -0.2) is 0 Å². The molecule has 1 aliphatic carbocycles. The van der Waals surface area contributed by atoms with Crippen molar-refractivity contribution < 1.29 is 4.74 Å². The van der Waals surface area contributed by atoms with E-state index < -0.39 is 5.54 Å². The second-order valence-electron chi connectivity index (χ2n) is 6.78. The highest BCUT2D eigenvalue weighted by Gasteiger charge is 2.23. The van der Waals surface area contributed by atoms with E-state index in [9.17, 15) is 5.26 Å². The van der Waals surface area contributed by atoms with Gasteiger partial charge in [0, 0.05) is 19.3 Å². The van der Waals surface area contributed by atoms with Crippen molar-refractivity contribution in [3.63, 3.8) is 0 Å². The number of nitrogens with one attached hydrogen (secondary N) is 1. The Kier molecular flexibility index (Phi) is 8.18. The van der Waals surface area contributed by atoms with Gasteiger partial charge in [0.2, 0.25) is 0 Å². The summed E-state index contributed by atoms with van der Waals surface area (Å²) in [5.74, 6) is 0.802. The van der Waals surface area contributed by atoms with Crippen molar-refractivity contribution in [2.45, 2.75) is 83.7 Å². The molecule has 0 aromatic carbocycles. The van der Waals surface area contributed by atoms with Gasteiger partial charge >= 0.3 is 0 Å². The Morgan fingerprint density at radius 1 is 1.25 bits per heavy atom. The minimum atomic E-state index is -0.391. The van der Waals surface area contributed by atoms with Crippen LogP contribution < -0.4 is 5.32 Å². The number of hydrogen-bond acceptors (Lipinski definition) is 3. The molecule has 1 rings (SSSR count). The fourth-order valence-electron chi connectivity index (χ4n) is 3.08. The average Bonchev–Trinajstić information content (AvgIpc) is 2.43. The standard InChI is InChI=1S/C17H32N2O/c1-15(2)19-17(3,14-18)11-7-8-12-20-13-16-9-5-4-6-10-16/h15-16,19H,4-13H2,1-3H3. The summed E-state index contributed by atoms with van der Waals surface area (Å²) in [5.41, 5.74) is -0.391. The van der Waals surface area contributed by atoms with Crippen LogP contribution in [0.4, 0.5) is 0 Å². The van der Waals surface area contributed by atoms with E-state index in [1.807, 2.05) is 6.92 Å². The van der Waals surface area contributed by atoms with Crippen LogP contribution in [0.15, 0.2) is 0 Å². The lowest BCUT2D eigenvalue weighted by Gasteiger charge is -2.26. The maximum absolute atomic E-state index is 9.26. The molecule has 1 aliphatic rings. The Hall–Kier alpha value is -0.590. The number of nitrogens with zero attached hydrogens (tertiary/aromatic N) is 1. The molecule has 1 saturated carbocycles. The zero-order valence-corrected chi connectivity index (χ0v) is 13.6. The minimum absolute atomic E-state index is 0.349. The first-order valence-electron chi connectivity index (χ1n) is 8.32. The van der Waals surface area contributed by atoms with Crippen molar-refractivity contribution in [3.8, 4) is 6.07 Å². The van der Waals surface area contributed by atoms with Crippen molar-refractivity contribution in [1.82, 2.24) is 5.32 Å². The second kappa shape index (κ2) is 9.37. The van der Waals surface area contributed by atoms with Crippen LogP contribution in [0.3, 0.4) is 0 Å². The van der Waals surface area contributed by atoms with Crippen molar-refractivity contribution in [2.24, 2.45) is 5.92 Å². The summed E-state index contributed by atoms with van der Waals surface area (Å²) >= 11 is 0. The van der Waals surface area contributed by atoms with Gasteiger partial charge in [0.05, 0.1) is 6.07 Å². The molecule has 1 unspecified atom stereocenters. The van der Waals surface area contributed by atoms with Crippen molar-refractivity contribution in [3.05, 3.63) is 0 Å². The number of ether oxygens (including phenoxy) is 1. The lowest BCUT2D eigenvalue weighted by molar-refractivity contribution is 0.0817. The Morgan fingerprint density at radius 2 is 1.95 bits per heavy atom. The number of rotatable bonds is 9. The number of unbranched alkanes of at least 4 members (excludes halogenated alkanes) is 1. The van der Waals surface area contributed by atoms with Crippen LogP contribution in [0.2, 0.25) is 0 Å². The first-order chi connectivity index (χ1) is 9.56. The van der Waals surface area contributed by atoms with E-state index in [-0.39, 0.29) is 0 Å². The predicted octanol–water partition coefficient (Wildman–Crippen LogP) is 4.03. The molecule has 0 aromatic heterocycles. The molecule has 3 nitrogen and oxygen atoms in total. The van der Waals surface area contributed by atoms with Gasteiger partial charge in [0.1, 0.15) is 5.54 Å². The zero-order valence-electron chi connectivity index (χ0n) is 13.6. The smallest absolute Gasteiger partial charge is 0.104 e. The Bertz CT molecular complexity index is 292. The average molecular weight is 280 g/mol. The summed E-state index contributed by atoms with van der Waals surface area (Å²) in [5, 5.41) is 12.6. The highest BCUT2D eigenvalue weighted by Crippen LogP contribution is 2.23. The molecule has 0 saturated heterocycles. The van der Waals surface area contributed by atoms with Crippen LogP contribution in [0.25, 0.3) is 0 Å². The van der Waals surface area contributed by atoms with Gasteiger partial charge in [-0.15, -0.1) is 0 Å². The van der Waals surface area contributed by atoms with E-state index in [1.165, 1.54) is 32.1 Å². The maximum Gasteiger partial charge on any atom is 0.104 e. The molecule has 0 radical (unpaired) electrons. The van der Waals surface area contributed by atoms with Gasteiger partial charge in [-0.05, 0) is 58.8 Å². The molecule has 1 atom stereocenters. The van der Waals surface area contributed by atoms with E-state index in [1.54, 1.807) is 0 Å². The van der Waals surface area contributed by atoms with Crippen LogP contribution in [0.5, 0.6) is 0 Å². The monoisotopic (exact) mass is 280 g/mol. The van der Waals surface area contributed by atoms with E-state index in [0.717, 1.165) is 38.4 Å². The molecule has 1 fully saturated rings. The normalized spacial score (nSPS) is 19.8. The third-order valence-corrected chi connectivity index (χ3v) is 4.15. The van der Waals surface area contributed by atoms with E-state index in [0.29, 0.717) is 6.04 Å². The topological polar surface area (TPSA) is 45.0 Å². The molecule has 0 amide bonds. The molecule has 1 N–H and O–H groups in total. The van der Waals surface area contributed by atoms with Crippen molar-refractivity contribution in [1.29, 1.82) is 5.26 Å². The van der Waals surface area contributed by atoms with Crippen LogP contribution in [-0.2, 0) is 4.74 Å². The molecular weight excluding hydrogens is 248 g/mol.